The van der Waals surface area contributed by atoms with Gasteiger partial charge in [-0.2, -0.15) is 0 Å². The normalized spacial score (nSPS) is 16.4. The van der Waals surface area contributed by atoms with Crippen LogP contribution in [0.2, 0.25) is 0 Å². The highest BCUT2D eigenvalue weighted by Crippen LogP contribution is 2.48. The van der Waals surface area contributed by atoms with Crippen LogP contribution in [0.5, 0.6) is 5.88 Å². The second-order valence-electron chi connectivity index (χ2n) is 6.08. The highest BCUT2D eigenvalue weighted by Gasteiger charge is 2.37. The van der Waals surface area contributed by atoms with Gasteiger partial charge in [0.25, 0.3) is 0 Å². The predicted molar refractivity (Wildman–Crippen MR) is 99.5 cm³/mol. The number of nitro groups is 1. The first kappa shape index (κ1) is 19.1. The second-order valence-corrected chi connectivity index (χ2v) is 7.08. The van der Waals surface area contributed by atoms with Gasteiger partial charge in [0.1, 0.15) is 9.88 Å². The molecule has 2 aromatic heterocycles. The summed E-state index contributed by atoms with van der Waals surface area (Å²) in [5.74, 6) is -0.299. The lowest BCUT2D eigenvalue weighted by atomic mass is 10.1. The number of aliphatic hydroxyl groups is 1. The van der Waals surface area contributed by atoms with Gasteiger partial charge in [-0.1, -0.05) is 0 Å². The number of hydrogen-bond acceptors (Lipinski definition) is 9. The number of methoxy groups -OCH3 is 2. The van der Waals surface area contributed by atoms with E-state index in [1.165, 1.54) is 20.4 Å². The van der Waals surface area contributed by atoms with Crippen molar-refractivity contribution in [3.05, 3.63) is 34.0 Å². The Balaban J connectivity index is 2.15. The SMILES string of the molecule is COC(=O)c1c(N2CCC(CO)C2)sc(-c2ccc(OC)nc2)c1[N+](=O)[O-]. The van der Waals surface area contributed by atoms with E-state index in [0.717, 1.165) is 17.8 Å². The molecule has 27 heavy (non-hydrogen) atoms. The lowest BCUT2D eigenvalue weighted by Crippen LogP contribution is -2.22. The first-order valence-electron chi connectivity index (χ1n) is 8.25. The van der Waals surface area contributed by atoms with Gasteiger partial charge in [0.15, 0.2) is 5.56 Å². The standard InChI is InChI=1S/C17H19N3O6S/c1-25-12-4-3-11(7-18-12)15-14(20(23)24)13(17(22)26-2)16(27-15)19-6-5-10(8-19)9-21/h3-4,7,10,21H,5-6,8-9H2,1-2H3. The highest BCUT2D eigenvalue weighted by molar-refractivity contribution is 7.20. The maximum Gasteiger partial charge on any atom is 0.347 e. The zero-order chi connectivity index (χ0) is 19.6. The molecule has 2 aromatic rings. The van der Waals surface area contributed by atoms with Crippen LogP contribution in [0.1, 0.15) is 16.8 Å². The monoisotopic (exact) mass is 393 g/mol. The molecule has 1 atom stereocenters. The van der Waals surface area contributed by atoms with E-state index in [2.05, 4.69) is 4.98 Å². The summed E-state index contributed by atoms with van der Waals surface area (Å²) >= 11 is 1.16. The molecule has 0 bridgehead atoms. The van der Waals surface area contributed by atoms with E-state index < -0.39 is 10.9 Å². The Kier molecular flexibility index (Phi) is 5.57. The fraction of sp³-hybridized carbons (Fsp3) is 0.412. The molecule has 1 unspecified atom stereocenters. The van der Waals surface area contributed by atoms with Crippen LogP contribution in [0.15, 0.2) is 18.3 Å². The Morgan fingerprint density at radius 3 is 2.78 bits per heavy atom. The van der Waals surface area contributed by atoms with Gasteiger partial charge in [0.2, 0.25) is 5.88 Å². The maximum atomic E-state index is 12.4. The number of anilines is 1. The van der Waals surface area contributed by atoms with Crippen molar-refractivity contribution < 1.29 is 24.3 Å². The molecule has 0 saturated carbocycles. The van der Waals surface area contributed by atoms with Crippen molar-refractivity contribution in [2.75, 3.05) is 38.8 Å². The molecule has 0 radical (unpaired) electrons. The number of carbonyl (C=O) groups excluding carboxylic acids is 1. The number of thiophene rings is 1. The number of aromatic nitrogens is 1. The van der Waals surface area contributed by atoms with E-state index in [1.54, 1.807) is 12.1 Å². The van der Waals surface area contributed by atoms with Crippen LogP contribution in [-0.4, -0.2) is 54.9 Å². The minimum Gasteiger partial charge on any atom is -0.481 e. The van der Waals surface area contributed by atoms with E-state index in [-0.39, 0.29) is 23.8 Å². The molecule has 0 amide bonds. The lowest BCUT2D eigenvalue weighted by molar-refractivity contribution is -0.384. The fourth-order valence-electron chi connectivity index (χ4n) is 3.09. The molecule has 10 heteroatoms. The largest absolute Gasteiger partial charge is 0.481 e. The first-order valence-corrected chi connectivity index (χ1v) is 9.07. The molecule has 1 aliphatic rings. The quantitative estimate of drug-likeness (QED) is 0.452. The zero-order valence-electron chi connectivity index (χ0n) is 14.9. The van der Waals surface area contributed by atoms with Gasteiger partial charge in [-0.05, 0) is 12.5 Å². The van der Waals surface area contributed by atoms with Crippen molar-refractivity contribution in [1.29, 1.82) is 0 Å². The summed E-state index contributed by atoms with van der Waals surface area (Å²) in [6.07, 6.45) is 2.23. The third kappa shape index (κ3) is 3.58. The number of ether oxygens (including phenoxy) is 2. The molecule has 3 rings (SSSR count). The van der Waals surface area contributed by atoms with Crippen molar-refractivity contribution >= 4 is 28.0 Å². The molecule has 3 heterocycles. The van der Waals surface area contributed by atoms with Crippen LogP contribution in [0, 0.1) is 16.0 Å². The van der Waals surface area contributed by atoms with Gasteiger partial charge < -0.3 is 19.5 Å². The molecule has 1 N–H and O–H groups in total. The maximum absolute atomic E-state index is 12.4. The number of rotatable bonds is 6. The Labute approximate surface area is 159 Å². The van der Waals surface area contributed by atoms with Crippen LogP contribution in [0.4, 0.5) is 10.7 Å². The average Bonchev–Trinajstić information content (AvgIpc) is 3.31. The van der Waals surface area contributed by atoms with E-state index >= 15 is 0 Å². The van der Waals surface area contributed by atoms with Gasteiger partial charge in [-0.25, -0.2) is 9.78 Å². The number of nitrogens with zero attached hydrogens (tertiary/aromatic N) is 3. The Bertz CT molecular complexity index is 851. The summed E-state index contributed by atoms with van der Waals surface area (Å²) < 4.78 is 9.84. The molecule has 0 aliphatic carbocycles. The molecule has 144 valence electrons. The van der Waals surface area contributed by atoms with Crippen molar-refractivity contribution in [3.8, 4) is 16.3 Å². The number of carbonyl (C=O) groups is 1. The van der Waals surface area contributed by atoms with E-state index in [9.17, 15) is 20.0 Å². The minimum absolute atomic E-state index is 0.0345. The molecule has 0 spiro atoms. The summed E-state index contributed by atoms with van der Waals surface area (Å²) in [5.41, 5.74) is 0.167. The van der Waals surface area contributed by atoms with Crippen LogP contribution in [0.3, 0.4) is 0 Å². The summed E-state index contributed by atoms with van der Waals surface area (Å²) in [4.78, 5) is 30.0. The summed E-state index contributed by atoms with van der Waals surface area (Å²) in [6, 6.07) is 3.27. The second kappa shape index (κ2) is 7.89. The molecule has 1 saturated heterocycles. The molecule has 1 fully saturated rings. The smallest absolute Gasteiger partial charge is 0.347 e. The van der Waals surface area contributed by atoms with Crippen LogP contribution < -0.4 is 9.64 Å². The van der Waals surface area contributed by atoms with E-state index in [1.807, 2.05) is 4.90 Å². The molecule has 0 aromatic carbocycles. The minimum atomic E-state index is -0.756. The number of pyridine rings is 1. The first-order chi connectivity index (χ1) is 13.0. The van der Waals surface area contributed by atoms with Crippen molar-refractivity contribution in [2.45, 2.75) is 6.42 Å². The lowest BCUT2D eigenvalue weighted by Gasteiger charge is -2.17. The van der Waals surface area contributed by atoms with E-state index in [4.69, 9.17) is 9.47 Å². The van der Waals surface area contributed by atoms with Gasteiger partial charge in [0.05, 0.1) is 19.1 Å². The summed E-state index contributed by atoms with van der Waals surface area (Å²) in [7, 11) is 2.68. The van der Waals surface area contributed by atoms with Crippen LogP contribution in [-0.2, 0) is 4.74 Å². The number of hydrogen-bond donors (Lipinski definition) is 1. The Morgan fingerprint density at radius 2 is 2.26 bits per heavy atom. The summed E-state index contributed by atoms with van der Waals surface area (Å²) in [6.45, 7) is 1.17. The average molecular weight is 393 g/mol. The Morgan fingerprint density at radius 1 is 1.48 bits per heavy atom. The van der Waals surface area contributed by atoms with Crippen molar-refractivity contribution in [2.24, 2.45) is 5.92 Å². The molecule has 9 nitrogen and oxygen atoms in total. The van der Waals surface area contributed by atoms with E-state index in [0.29, 0.717) is 34.4 Å². The zero-order valence-corrected chi connectivity index (χ0v) is 15.7. The highest BCUT2D eigenvalue weighted by atomic mass is 32.1. The van der Waals surface area contributed by atoms with Gasteiger partial charge >= 0.3 is 11.7 Å². The third-order valence-corrected chi connectivity index (χ3v) is 5.76. The summed E-state index contributed by atoms with van der Waals surface area (Å²) in [5, 5.41) is 21.7. The van der Waals surface area contributed by atoms with Crippen LogP contribution in [0.25, 0.3) is 10.4 Å². The van der Waals surface area contributed by atoms with Crippen molar-refractivity contribution in [1.82, 2.24) is 4.98 Å². The van der Waals surface area contributed by atoms with Crippen molar-refractivity contribution in [3.63, 3.8) is 0 Å². The molecular weight excluding hydrogens is 374 g/mol. The van der Waals surface area contributed by atoms with Gasteiger partial charge in [-0.15, -0.1) is 11.3 Å². The molecular formula is C17H19N3O6S. The number of esters is 1. The third-order valence-electron chi connectivity index (χ3n) is 4.48. The Hall–Kier alpha value is -2.72. The predicted octanol–water partition coefficient (Wildman–Crippen LogP) is 2.33. The van der Waals surface area contributed by atoms with Gasteiger partial charge in [0, 0.05) is 43.4 Å². The van der Waals surface area contributed by atoms with Gasteiger partial charge in [-0.3, -0.25) is 10.1 Å². The van der Waals surface area contributed by atoms with Crippen LogP contribution >= 0.6 is 11.3 Å². The number of aliphatic hydroxyl groups excluding tert-OH is 1. The molecule has 1 aliphatic heterocycles. The topological polar surface area (TPSA) is 115 Å². The fourth-order valence-corrected chi connectivity index (χ4v) is 4.37.